The predicted octanol–water partition coefficient (Wildman–Crippen LogP) is 2.81. The highest BCUT2D eigenvalue weighted by molar-refractivity contribution is 7.80. The molecule has 0 spiro atoms. The van der Waals surface area contributed by atoms with Gasteiger partial charge >= 0.3 is 6.18 Å². The summed E-state index contributed by atoms with van der Waals surface area (Å²) in [5.41, 5.74) is 4.83. The molecular formula is C14H17F3N2OS. The van der Waals surface area contributed by atoms with Gasteiger partial charge in [-0.1, -0.05) is 12.2 Å². The zero-order valence-electron chi connectivity index (χ0n) is 11.6. The molecule has 116 valence electrons. The van der Waals surface area contributed by atoms with E-state index in [-0.39, 0.29) is 10.6 Å². The third-order valence-electron chi connectivity index (χ3n) is 3.44. The van der Waals surface area contributed by atoms with Crippen LogP contribution in [0.1, 0.15) is 24.0 Å². The van der Waals surface area contributed by atoms with Crippen LogP contribution in [-0.4, -0.2) is 36.1 Å². The summed E-state index contributed by atoms with van der Waals surface area (Å²) in [5, 5.41) is 0. The third kappa shape index (κ3) is 4.31. The first-order valence-electron chi connectivity index (χ1n) is 6.63. The number of alkyl halides is 3. The number of hydrogen-bond donors (Lipinski definition) is 1. The van der Waals surface area contributed by atoms with Gasteiger partial charge < -0.3 is 15.4 Å². The Hall–Kier alpha value is -1.34. The molecule has 1 fully saturated rings. The lowest BCUT2D eigenvalue weighted by molar-refractivity contribution is -0.137. The smallest absolute Gasteiger partial charge is 0.416 e. The Labute approximate surface area is 126 Å². The lowest BCUT2D eigenvalue weighted by Gasteiger charge is -2.17. The van der Waals surface area contributed by atoms with E-state index >= 15 is 0 Å². The molecule has 0 heterocycles. The molecule has 1 saturated carbocycles. The van der Waals surface area contributed by atoms with Gasteiger partial charge in [-0.25, -0.2) is 0 Å². The Morgan fingerprint density at radius 1 is 1.43 bits per heavy atom. The second-order valence-electron chi connectivity index (χ2n) is 5.13. The van der Waals surface area contributed by atoms with Crippen LogP contribution in [0.4, 0.5) is 13.2 Å². The number of hydrogen-bond acceptors (Lipinski definition) is 3. The molecule has 21 heavy (non-hydrogen) atoms. The minimum absolute atomic E-state index is 0.105. The van der Waals surface area contributed by atoms with Crippen molar-refractivity contribution in [3.63, 3.8) is 0 Å². The van der Waals surface area contributed by atoms with Crippen LogP contribution in [0.15, 0.2) is 18.2 Å². The molecule has 7 heteroatoms. The van der Waals surface area contributed by atoms with E-state index in [4.69, 9.17) is 22.7 Å². The number of thiocarbonyl (C=S) groups is 1. The molecule has 0 amide bonds. The SMILES string of the molecule is CN(CCOc1ccc(C(F)(F)F)cc1C(N)=S)C1CC1. The highest BCUT2D eigenvalue weighted by atomic mass is 32.1. The van der Waals surface area contributed by atoms with Gasteiger partial charge in [-0.05, 0) is 38.1 Å². The number of nitrogens with two attached hydrogens (primary N) is 1. The van der Waals surface area contributed by atoms with Crippen molar-refractivity contribution in [1.82, 2.24) is 4.90 Å². The van der Waals surface area contributed by atoms with E-state index in [1.807, 2.05) is 7.05 Å². The first-order valence-corrected chi connectivity index (χ1v) is 7.04. The Morgan fingerprint density at radius 2 is 2.10 bits per heavy atom. The van der Waals surface area contributed by atoms with Crippen molar-refractivity contribution >= 4 is 17.2 Å². The molecule has 2 N–H and O–H groups in total. The Morgan fingerprint density at radius 3 is 2.62 bits per heavy atom. The zero-order chi connectivity index (χ0) is 15.6. The van der Waals surface area contributed by atoms with Crippen molar-refractivity contribution in [1.29, 1.82) is 0 Å². The average Bonchev–Trinajstić information content (AvgIpc) is 3.21. The fourth-order valence-electron chi connectivity index (χ4n) is 2.02. The maximum Gasteiger partial charge on any atom is 0.416 e. The van der Waals surface area contributed by atoms with E-state index < -0.39 is 11.7 Å². The summed E-state index contributed by atoms with van der Waals surface area (Å²) in [6.07, 6.45) is -2.05. The van der Waals surface area contributed by atoms with Crippen LogP contribution in [0.25, 0.3) is 0 Å². The van der Waals surface area contributed by atoms with Crippen LogP contribution in [0.2, 0.25) is 0 Å². The Kier molecular flexibility index (Phi) is 4.73. The van der Waals surface area contributed by atoms with Crippen LogP contribution < -0.4 is 10.5 Å². The summed E-state index contributed by atoms with van der Waals surface area (Å²) >= 11 is 4.81. The van der Waals surface area contributed by atoms with Crippen molar-refractivity contribution < 1.29 is 17.9 Å². The number of halogens is 3. The molecule has 0 saturated heterocycles. The summed E-state index contributed by atoms with van der Waals surface area (Å²) in [4.78, 5) is 2.07. The van der Waals surface area contributed by atoms with Crippen molar-refractivity contribution in [2.45, 2.75) is 25.1 Å². The van der Waals surface area contributed by atoms with Crippen LogP contribution >= 0.6 is 12.2 Å². The van der Waals surface area contributed by atoms with Crippen LogP contribution in [-0.2, 0) is 6.18 Å². The van der Waals surface area contributed by atoms with E-state index in [1.54, 1.807) is 0 Å². The van der Waals surface area contributed by atoms with E-state index in [2.05, 4.69) is 4.90 Å². The summed E-state index contributed by atoms with van der Waals surface area (Å²) in [5.74, 6) is 0.291. The van der Waals surface area contributed by atoms with Crippen LogP contribution in [0, 0.1) is 0 Å². The Balaban J connectivity index is 2.05. The van der Waals surface area contributed by atoms with Crippen molar-refractivity contribution in [3.05, 3.63) is 29.3 Å². The molecule has 1 aromatic carbocycles. The fraction of sp³-hybridized carbons (Fsp3) is 0.500. The van der Waals surface area contributed by atoms with Gasteiger partial charge in [0.2, 0.25) is 0 Å². The largest absolute Gasteiger partial charge is 0.492 e. The van der Waals surface area contributed by atoms with E-state index in [0.717, 1.165) is 12.1 Å². The number of likely N-dealkylation sites (N-methyl/N-ethyl adjacent to an activating group) is 1. The second kappa shape index (κ2) is 6.19. The zero-order valence-corrected chi connectivity index (χ0v) is 12.4. The van der Waals surface area contributed by atoms with Gasteiger partial charge in [0.25, 0.3) is 0 Å². The molecule has 0 bridgehead atoms. The molecule has 3 nitrogen and oxygen atoms in total. The molecule has 1 aliphatic carbocycles. The first-order chi connectivity index (χ1) is 9.79. The topological polar surface area (TPSA) is 38.5 Å². The number of rotatable bonds is 6. The molecule has 0 aliphatic heterocycles. The number of nitrogens with zero attached hydrogens (tertiary/aromatic N) is 1. The lowest BCUT2D eigenvalue weighted by atomic mass is 10.1. The normalized spacial score (nSPS) is 15.3. The predicted molar refractivity (Wildman–Crippen MR) is 78.5 cm³/mol. The van der Waals surface area contributed by atoms with Crippen molar-refractivity contribution in [3.8, 4) is 5.75 Å². The minimum Gasteiger partial charge on any atom is -0.492 e. The van der Waals surface area contributed by atoms with E-state index in [1.165, 1.54) is 18.9 Å². The maximum atomic E-state index is 12.7. The molecular weight excluding hydrogens is 301 g/mol. The summed E-state index contributed by atoms with van der Waals surface area (Å²) in [7, 11) is 2.00. The molecule has 0 unspecified atom stereocenters. The van der Waals surface area contributed by atoms with Crippen molar-refractivity contribution in [2.24, 2.45) is 5.73 Å². The highest BCUT2D eigenvalue weighted by Crippen LogP contribution is 2.32. The summed E-state index contributed by atoms with van der Waals surface area (Å²) in [6, 6.07) is 3.79. The molecule has 2 rings (SSSR count). The van der Waals surface area contributed by atoms with E-state index in [9.17, 15) is 13.2 Å². The van der Waals surface area contributed by atoms with Gasteiger partial charge in [-0.15, -0.1) is 0 Å². The third-order valence-corrected chi connectivity index (χ3v) is 3.66. The van der Waals surface area contributed by atoms with Gasteiger partial charge in [-0.3, -0.25) is 0 Å². The average molecular weight is 318 g/mol. The molecule has 1 aromatic rings. The molecule has 1 aliphatic rings. The number of ether oxygens (including phenoxy) is 1. The standard InChI is InChI=1S/C14H17F3N2OS/c1-19(10-3-4-10)6-7-20-12-5-2-9(14(15,16)17)8-11(12)13(18)21/h2,5,8,10H,3-4,6-7H2,1H3,(H2,18,21). The minimum atomic E-state index is -4.43. The van der Waals surface area contributed by atoms with Gasteiger partial charge in [0, 0.05) is 12.6 Å². The number of benzene rings is 1. The summed E-state index contributed by atoms with van der Waals surface area (Å²) in [6.45, 7) is 1.09. The van der Waals surface area contributed by atoms with Crippen LogP contribution in [0.5, 0.6) is 5.75 Å². The molecule has 0 atom stereocenters. The van der Waals surface area contributed by atoms with Gasteiger partial charge in [0.1, 0.15) is 17.3 Å². The molecule has 0 radical (unpaired) electrons. The quantitative estimate of drug-likeness (QED) is 0.819. The van der Waals surface area contributed by atoms with E-state index in [0.29, 0.717) is 24.9 Å². The van der Waals surface area contributed by atoms with Gasteiger partial charge in [-0.2, -0.15) is 13.2 Å². The Bertz CT molecular complexity index is 529. The van der Waals surface area contributed by atoms with Gasteiger partial charge in [0.05, 0.1) is 11.1 Å². The van der Waals surface area contributed by atoms with Crippen LogP contribution in [0.3, 0.4) is 0 Å². The monoisotopic (exact) mass is 318 g/mol. The maximum absolute atomic E-state index is 12.7. The summed E-state index contributed by atoms with van der Waals surface area (Å²) < 4.78 is 43.6. The fourth-order valence-corrected chi connectivity index (χ4v) is 2.18. The molecule has 0 aromatic heterocycles. The first kappa shape index (κ1) is 16.0. The second-order valence-corrected chi connectivity index (χ2v) is 5.57. The van der Waals surface area contributed by atoms with Crippen molar-refractivity contribution in [2.75, 3.05) is 20.2 Å². The van der Waals surface area contributed by atoms with Gasteiger partial charge in [0.15, 0.2) is 0 Å². The lowest BCUT2D eigenvalue weighted by Crippen LogP contribution is -2.26. The highest BCUT2D eigenvalue weighted by Gasteiger charge is 2.31.